The van der Waals surface area contributed by atoms with Crippen LogP contribution in [0.25, 0.3) is 0 Å². The monoisotopic (exact) mass is 346 g/mol. The molecule has 0 spiro atoms. The van der Waals surface area contributed by atoms with Gasteiger partial charge in [0.25, 0.3) is 0 Å². The Morgan fingerprint density at radius 2 is 2.09 bits per heavy atom. The molecule has 3 atom stereocenters. The van der Waals surface area contributed by atoms with Crippen molar-refractivity contribution < 1.29 is 9.53 Å². The number of amides is 1. The van der Waals surface area contributed by atoms with Gasteiger partial charge in [-0.2, -0.15) is 0 Å². The van der Waals surface area contributed by atoms with Crippen LogP contribution in [0.2, 0.25) is 5.02 Å². The molecule has 3 N–H and O–H groups in total. The average molecular weight is 347 g/mol. The van der Waals surface area contributed by atoms with E-state index in [1.165, 1.54) is 0 Å². The van der Waals surface area contributed by atoms with E-state index in [0.717, 1.165) is 18.4 Å². The molecule has 1 saturated heterocycles. The van der Waals surface area contributed by atoms with Gasteiger partial charge < -0.3 is 15.8 Å². The van der Waals surface area contributed by atoms with Crippen molar-refractivity contribution in [1.82, 2.24) is 5.32 Å². The van der Waals surface area contributed by atoms with E-state index in [-0.39, 0.29) is 36.4 Å². The maximum atomic E-state index is 12.4. The molecule has 0 bridgehead atoms. The van der Waals surface area contributed by atoms with Crippen LogP contribution in [0.15, 0.2) is 24.3 Å². The van der Waals surface area contributed by atoms with Crippen LogP contribution in [-0.2, 0) is 9.53 Å². The third kappa shape index (κ3) is 4.59. The number of rotatable bonds is 5. The molecule has 4 nitrogen and oxygen atoms in total. The zero-order valence-corrected chi connectivity index (χ0v) is 14.5. The van der Waals surface area contributed by atoms with Gasteiger partial charge in [0.2, 0.25) is 5.91 Å². The normalized spacial score (nSPS) is 22.2. The lowest BCUT2D eigenvalue weighted by Crippen LogP contribution is -2.39. The van der Waals surface area contributed by atoms with Crippen molar-refractivity contribution >= 4 is 29.9 Å². The van der Waals surface area contributed by atoms with Gasteiger partial charge in [-0.05, 0) is 30.4 Å². The van der Waals surface area contributed by atoms with Gasteiger partial charge in [0.1, 0.15) is 6.10 Å². The molecular formula is C16H24Cl2N2O2. The van der Waals surface area contributed by atoms with Crippen LogP contribution in [0.5, 0.6) is 0 Å². The fourth-order valence-corrected chi connectivity index (χ4v) is 2.90. The molecule has 0 aliphatic carbocycles. The summed E-state index contributed by atoms with van der Waals surface area (Å²) < 4.78 is 5.65. The quantitative estimate of drug-likeness (QED) is 0.860. The van der Waals surface area contributed by atoms with Gasteiger partial charge in [0, 0.05) is 11.6 Å². The Kier molecular flexibility index (Phi) is 7.63. The Morgan fingerprint density at radius 3 is 2.64 bits per heavy atom. The molecule has 1 heterocycles. The summed E-state index contributed by atoms with van der Waals surface area (Å²) in [5.41, 5.74) is 6.52. The molecule has 1 amide bonds. The summed E-state index contributed by atoms with van der Waals surface area (Å²) in [7, 11) is 0. The highest BCUT2D eigenvalue weighted by Crippen LogP contribution is 2.29. The third-order valence-electron chi connectivity index (χ3n) is 3.87. The molecule has 1 aromatic carbocycles. The standard InChI is InChI=1S/C16H23ClN2O2.ClH/c1-10(2)15(12-5-3-4-6-13(12)17)19-16(20)14-8-7-11(9-18)21-14;/h3-6,10-11,14-15H,7-9,18H2,1-2H3,(H,19,20);1H/t11-,14+,15?;/m1./s1. The topological polar surface area (TPSA) is 64.4 Å². The number of hydrogen-bond acceptors (Lipinski definition) is 3. The molecule has 2 rings (SSSR count). The van der Waals surface area contributed by atoms with Gasteiger partial charge >= 0.3 is 0 Å². The first kappa shape index (κ1) is 19.2. The lowest BCUT2D eigenvalue weighted by Gasteiger charge is -2.25. The lowest BCUT2D eigenvalue weighted by molar-refractivity contribution is -0.133. The molecule has 0 aromatic heterocycles. The predicted molar refractivity (Wildman–Crippen MR) is 91.4 cm³/mol. The maximum Gasteiger partial charge on any atom is 0.249 e. The van der Waals surface area contributed by atoms with Crippen LogP contribution in [0, 0.1) is 5.92 Å². The molecule has 6 heteroatoms. The van der Waals surface area contributed by atoms with Crippen molar-refractivity contribution in [1.29, 1.82) is 0 Å². The van der Waals surface area contributed by atoms with Crippen LogP contribution in [0.3, 0.4) is 0 Å². The molecule has 124 valence electrons. The fraction of sp³-hybridized carbons (Fsp3) is 0.562. The van der Waals surface area contributed by atoms with Gasteiger partial charge in [0.15, 0.2) is 0 Å². The molecule has 0 saturated carbocycles. The fourth-order valence-electron chi connectivity index (χ4n) is 2.65. The summed E-state index contributed by atoms with van der Waals surface area (Å²) in [5.74, 6) is 0.158. The van der Waals surface area contributed by atoms with Crippen LogP contribution in [0.1, 0.15) is 38.3 Å². The summed E-state index contributed by atoms with van der Waals surface area (Å²) in [4.78, 5) is 12.4. The molecule has 1 aliphatic rings. The first-order valence-electron chi connectivity index (χ1n) is 7.43. The van der Waals surface area contributed by atoms with Crippen LogP contribution in [0.4, 0.5) is 0 Å². The number of carbonyl (C=O) groups excluding carboxylic acids is 1. The first-order valence-corrected chi connectivity index (χ1v) is 7.81. The van der Waals surface area contributed by atoms with Crippen molar-refractivity contribution in [3.8, 4) is 0 Å². The van der Waals surface area contributed by atoms with Gasteiger partial charge in [-0.25, -0.2) is 0 Å². The van der Waals surface area contributed by atoms with E-state index in [0.29, 0.717) is 11.6 Å². The van der Waals surface area contributed by atoms with Crippen molar-refractivity contribution in [2.45, 2.75) is 44.9 Å². The molecular weight excluding hydrogens is 323 g/mol. The number of nitrogens with two attached hydrogens (primary N) is 1. The van der Waals surface area contributed by atoms with E-state index < -0.39 is 6.10 Å². The van der Waals surface area contributed by atoms with Crippen molar-refractivity contribution in [2.24, 2.45) is 11.7 Å². The third-order valence-corrected chi connectivity index (χ3v) is 4.21. The summed E-state index contributed by atoms with van der Waals surface area (Å²) in [5, 5.41) is 3.74. The highest BCUT2D eigenvalue weighted by molar-refractivity contribution is 6.31. The lowest BCUT2D eigenvalue weighted by atomic mass is 9.95. The second-order valence-electron chi connectivity index (χ2n) is 5.81. The number of halogens is 2. The number of hydrogen-bond donors (Lipinski definition) is 2. The first-order chi connectivity index (χ1) is 10.0. The predicted octanol–water partition coefficient (Wildman–Crippen LogP) is 3.08. The maximum absolute atomic E-state index is 12.4. The molecule has 1 unspecified atom stereocenters. The van der Waals surface area contributed by atoms with E-state index in [2.05, 4.69) is 19.2 Å². The minimum Gasteiger partial charge on any atom is -0.364 e. The second kappa shape index (κ2) is 8.73. The van der Waals surface area contributed by atoms with Crippen LogP contribution >= 0.6 is 24.0 Å². The van der Waals surface area contributed by atoms with Crippen molar-refractivity contribution in [2.75, 3.05) is 6.54 Å². The van der Waals surface area contributed by atoms with Gasteiger partial charge in [-0.3, -0.25) is 4.79 Å². The largest absolute Gasteiger partial charge is 0.364 e. The summed E-state index contributed by atoms with van der Waals surface area (Å²) >= 11 is 6.25. The minimum absolute atomic E-state index is 0. The van der Waals surface area contributed by atoms with E-state index >= 15 is 0 Å². The number of carbonyl (C=O) groups is 1. The second-order valence-corrected chi connectivity index (χ2v) is 6.22. The molecule has 1 fully saturated rings. The van der Waals surface area contributed by atoms with Crippen molar-refractivity contribution in [3.63, 3.8) is 0 Å². The minimum atomic E-state index is -0.401. The van der Waals surface area contributed by atoms with E-state index in [1.54, 1.807) is 0 Å². The Hall–Kier alpha value is -0.810. The molecule has 22 heavy (non-hydrogen) atoms. The number of benzene rings is 1. The number of ether oxygens (including phenoxy) is 1. The van der Waals surface area contributed by atoms with E-state index in [1.807, 2.05) is 24.3 Å². The molecule has 1 aliphatic heterocycles. The summed E-state index contributed by atoms with van der Waals surface area (Å²) in [6.07, 6.45) is 1.16. The van der Waals surface area contributed by atoms with Gasteiger partial charge in [-0.15, -0.1) is 12.4 Å². The highest BCUT2D eigenvalue weighted by Gasteiger charge is 2.32. The summed E-state index contributed by atoms with van der Waals surface area (Å²) in [6, 6.07) is 7.49. The molecule has 0 radical (unpaired) electrons. The molecule has 1 aromatic rings. The number of nitrogens with one attached hydrogen (secondary N) is 1. The SMILES string of the molecule is CC(C)C(NC(=O)[C@@H]1CC[C@H](CN)O1)c1ccccc1Cl.Cl. The average Bonchev–Trinajstić information content (AvgIpc) is 2.94. The van der Waals surface area contributed by atoms with E-state index in [9.17, 15) is 4.79 Å². The smallest absolute Gasteiger partial charge is 0.249 e. The highest BCUT2D eigenvalue weighted by atomic mass is 35.5. The Labute approximate surface area is 143 Å². The Bertz CT molecular complexity index is 497. The van der Waals surface area contributed by atoms with Crippen LogP contribution < -0.4 is 11.1 Å². The van der Waals surface area contributed by atoms with Crippen molar-refractivity contribution in [3.05, 3.63) is 34.9 Å². The van der Waals surface area contributed by atoms with Gasteiger partial charge in [0.05, 0.1) is 12.1 Å². The van der Waals surface area contributed by atoms with E-state index in [4.69, 9.17) is 22.1 Å². The van der Waals surface area contributed by atoms with Gasteiger partial charge in [-0.1, -0.05) is 43.6 Å². The zero-order chi connectivity index (χ0) is 15.4. The zero-order valence-electron chi connectivity index (χ0n) is 12.9. The Balaban J connectivity index is 0.00000242. The summed E-state index contributed by atoms with van der Waals surface area (Å²) in [6.45, 7) is 4.58. The van der Waals surface area contributed by atoms with Crippen LogP contribution in [-0.4, -0.2) is 24.7 Å². The Morgan fingerprint density at radius 1 is 1.41 bits per heavy atom.